The van der Waals surface area contributed by atoms with E-state index in [9.17, 15) is 4.79 Å². The van der Waals surface area contributed by atoms with Gasteiger partial charge in [-0.3, -0.25) is 4.79 Å². The van der Waals surface area contributed by atoms with Crippen molar-refractivity contribution in [1.29, 1.82) is 0 Å². The maximum absolute atomic E-state index is 11.3. The van der Waals surface area contributed by atoms with Crippen molar-refractivity contribution in [2.75, 3.05) is 6.61 Å². The molecule has 1 N–H and O–H groups in total. The minimum absolute atomic E-state index is 0.100. The highest BCUT2D eigenvalue weighted by molar-refractivity contribution is 5.69. The molecule has 0 fully saturated rings. The lowest BCUT2D eigenvalue weighted by molar-refractivity contribution is -0.143. The third-order valence-corrected chi connectivity index (χ3v) is 2.73. The summed E-state index contributed by atoms with van der Waals surface area (Å²) in [5.74, 6) is -0.135. The topological polar surface area (TPSA) is 55.0 Å². The van der Waals surface area contributed by atoms with Gasteiger partial charge >= 0.3 is 5.97 Å². The first-order valence-electron chi connectivity index (χ1n) is 5.63. The largest absolute Gasteiger partial charge is 0.466 e. The monoisotopic (exact) mass is 224 g/mol. The number of hydrogen-bond donors (Lipinski definition) is 1. The van der Waals surface area contributed by atoms with E-state index in [1.54, 1.807) is 6.33 Å². The van der Waals surface area contributed by atoms with E-state index in [2.05, 4.69) is 23.8 Å². The SMILES string of the molecule is CCOC(=O)CCC(C)(C)c1nc[nH]c1C. The van der Waals surface area contributed by atoms with E-state index in [0.29, 0.717) is 13.0 Å². The second kappa shape index (κ2) is 5.14. The molecule has 1 heterocycles. The van der Waals surface area contributed by atoms with Crippen LogP contribution in [0.15, 0.2) is 6.33 Å². The van der Waals surface area contributed by atoms with Crippen LogP contribution in [0.3, 0.4) is 0 Å². The lowest BCUT2D eigenvalue weighted by atomic mass is 9.83. The summed E-state index contributed by atoms with van der Waals surface area (Å²) >= 11 is 0. The van der Waals surface area contributed by atoms with Crippen LogP contribution < -0.4 is 0 Å². The first-order valence-corrected chi connectivity index (χ1v) is 5.63. The third-order valence-electron chi connectivity index (χ3n) is 2.73. The maximum Gasteiger partial charge on any atom is 0.305 e. The Hall–Kier alpha value is -1.32. The number of H-pyrrole nitrogens is 1. The number of rotatable bonds is 5. The molecule has 0 bridgehead atoms. The molecule has 0 saturated carbocycles. The molecule has 0 saturated heterocycles. The van der Waals surface area contributed by atoms with Gasteiger partial charge in [0.05, 0.1) is 18.6 Å². The number of nitrogens with one attached hydrogen (secondary N) is 1. The van der Waals surface area contributed by atoms with E-state index in [1.807, 2.05) is 13.8 Å². The molecule has 0 unspecified atom stereocenters. The van der Waals surface area contributed by atoms with Gasteiger partial charge in [0.2, 0.25) is 0 Å². The molecule has 0 aromatic carbocycles. The van der Waals surface area contributed by atoms with Crippen molar-refractivity contribution < 1.29 is 9.53 Å². The molecular formula is C12H20N2O2. The highest BCUT2D eigenvalue weighted by Crippen LogP contribution is 2.28. The van der Waals surface area contributed by atoms with Gasteiger partial charge < -0.3 is 9.72 Å². The molecule has 1 aromatic heterocycles. The Morgan fingerprint density at radius 3 is 2.75 bits per heavy atom. The smallest absolute Gasteiger partial charge is 0.305 e. The van der Waals surface area contributed by atoms with E-state index in [0.717, 1.165) is 17.8 Å². The normalized spacial score (nSPS) is 11.5. The number of esters is 1. The number of carbonyl (C=O) groups is 1. The van der Waals surface area contributed by atoms with Crippen molar-refractivity contribution in [3.05, 3.63) is 17.7 Å². The molecule has 4 heteroatoms. The molecule has 0 aliphatic heterocycles. The second-order valence-corrected chi connectivity index (χ2v) is 4.57. The van der Waals surface area contributed by atoms with Crippen molar-refractivity contribution >= 4 is 5.97 Å². The predicted octanol–water partition coefficient (Wildman–Crippen LogP) is 2.34. The zero-order valence-electron chi connectivity index (χ0n) is 10.5. The van der Waals surface area contributed by atoms with E-state index in [4.69, 9.17) is 4.74 Å². The quantitative estimate of drug-likeness (QED) is 0.781. The van der Waals surface area contributed by atoms with Gasteiger partial charge in [-0.05, 0) is 20.3 Å². The molecule has 0 aliphatic carbocycles. The summed E-state index contributed by atoms with van der Waals surface area (Å²) in [6, 6.07) is 0. The lowest BCUT2D eigenvalue weighted by Gasteiger charge is -2.22. The first kappa shape index (κ1) is 12.7. The van der Waals surface area contributed by atoms with Gasteiger partial charge in [-0.25, -0.2) is 4.98 Å². The second-order valence-electron chi connectivity index (χ2n) is 4.57. The van der Waals surface area contributed by atoms with E-state index < -0.39 is 0 Å². The summed E-state index contributed by atoms with van der Waals surface area (Å²) in [5, 5.41) is 0. The van der Waals surface area contributed by atoms with Crippen LogP contribution in [0.2, 0.25) is 0 Å². The van der Waals surface area contributed by atoms with Crippen LogP contribution in [0, 0.1) is 6.92 Å². The fourth-order valence-electron chi connectivity index (χ4n) is 1.81. The molecule has 0 amide bonds. The average molecular weight is 224 g/mol. The molecule has 1 aromatic rings. The van der Waals surface area contributed by atoms with Crippen LogP contribution >= 0.6 is 0 Å². The number of aromatic nitrogens is 2. The van der Waals surface area contributed by atoms with Crippen LogP contribution in [0.25, 0.3) is 0 Å². The number of hydrogen-bond acceptors (Lipinski definition) is 3. The van der Waals surface area contributed by atoms with Crippen LogP contribution in [0.4, 0.5) is 0 Å². The molecule has 0 spiro atoms. The number of imidazole rings is 1. The standard InChI is InChI=1S/C12H20N2O2/c1-5-16-10(15)6-7-12(3,4)11-9(2)13-8-14-11/h8H,5-7H2,1-4H3,(H,13,14). The Balaban J connectivity index is 2.59. The molecular weight excluding hydrogens is 204 g/mol. The van der Waals surface area contributed by atoms with Crippen molar-refractivity contribution in [2.24, 2.45) is 0 Å². The van der Waals surface area contributed by atoms with Crippen molar-refractivity contribution in [3.63, 3.8) is 0 Å². The zero-order chi connectivity index (χ0) is 12.2. The summed E-state index contributed by atoms with van der Waals surface area (Å²) in [6.45, 7) is 8.45. The van der Waals surface area contributed by atoms with Crippen LogP contribution in [-0.2, 0) is 14.9 Å². The van der Waals surface area contributed by atoms with Gasteiger partial charge in [-0.15, -0.1) is 0 Å². The van der Waals surface area contributed by atoms with Crippen molar-refractivity contribution in [1.82, 2.24) is 9.97 Å². The van der Waals surface area contributed by atoms with E-state index >= 15 is 0 Å². The van der Waals surface area contributed by atoms with Gasteiger partial charge in [0, 0.05) is 17.5 Å². The fraction of sp³-hybridized carbons (Fsp3) is 0.667. The number of nitrogens with zero attached hydrogens (tertiary/aromatic N) is 1. The van der Waals surface area contributed by atoms with Crippen LogP contribution in [0.5, 0.6) is 0 Å². The zero-order valence-corrected chi connectivity index (χ0v) is 10.5. The fourth-order valence-corrected chi connectivity index (χ4v) is 1.81. The molecule has 0 aliphatic rings. The summed E-state index contributed by atoms with van der Waals surface area (Å²) in [6.07, 6.45) is 2.88. The van der Waals surface area contributed by atoms with E-state index in [-0.39, 0.29) is 11.4 Å². The minimum atomic E-state index is -0.135. The lowest BCUT2D eigenvalue weighted by Crippen LogP contribution is -2.21. The Labute approximate surface area is 96.4 Å². The first-order chi connectivity index (χ1) is 7.47. The Bertz CT molecular complexity index is 356. The summed E-state index contributed by atoms with van der Waals surface area (Å²) in [7, 11) is 0. The van der Waals surface area contributed by atoms with Gasteiger partial charge in [0.15, 0.2) is 0 Å². The van der Waals surface area contributed by atoms with E-state index in [1.165, 1.54) is 0 Å². The highest BCUT2D eigenvalue weighted by atomic mass is 16.5. The van der Waals surface area contributed by atoms with Gasteiger partial charge in [-0.1, -0.05) is 13.8 Å². The summed E-state index contributed by atoms with van der Waals surface area (Å²) in [5.41, 5.74) is 1.99. The van der Waals surface area contributed by atoms with Crippen LogP contribution in [-0.4, -0.2) is 22.5 Å². The predicted molar refractivity (Wildman–Crippen MR) is 62.2 cm³/mol. The van der Waals surface area contributed by atoms with Crippen LogP contribution in [0.1, 0.15) is 45.0 Å². The van der Waals surface area contributed by atoms with Gasteiger partial charge in [0.25, 0.3) is 0 Å². The molecule has 0 radical (unpaired) electrons. The van der Waals surface area contributed by atoms with Gasteiger partial charge in [-0.2, -0.15) is 0 Å². The average Bonchev–Trinajstić information content (AvgIpc) is 2.63. The van der Waals surface area contributed by atoms with Crippen molar-refractivity contribution in [2.45, 2.75) is 46.0 Å². The highest BCUT2D eigenvalue weighted by Gasteiger charge is 2.25. The summed E-state index contributed by atoms with van der Waals surface area (Å²) in [4.78, 5) is 18.7. The number of ether oxygens (including phenoxy) is 1. The molecule has 1 rings (SSSR count). The maximum atomic E-state index is 11.3. The van der Waals surface area contributed by atoms with Crippen molar-refractivity contribution in [3.8, 4) is 0 Å². The summed E-state index contributed by atoms with van der Waals surface area (Å²) < 4.78 is 4.92. The minimum Gasteiger partial charge on any atom is -0.466 e. The number of carbonyl (C=O) groups excluding carboxylic acids is 1. The number of aryl methyl sites for hydroxylation is 1. The Morgan fingerprint density at radius 2 is 2.25 bits per heavy atom. The molecule has 90 valence electrons. The van der Waals surface area contributed by atoms with Gasteiger partial charge in [0.1, 0.15) is 0 Å². The molecule has 16 heavy (non-hydrogen) atoms. The Morgan fingerprint density at radius 1 is 1.56 bits per heavy atom. The molecule has 0 atom stereocenters. The Kier molecular flexibility index (Phi) is 4.10. The third kappa shape index (κ3) is 3.08. The molecule has 4 nitrogen and oxygen atoms in total. The number of aromatic amines is 1.